The lowest BCUT2D eigenvalue weighted by molar-refractivity contribution is -0.153. The van der Waals surface area contributed by atoms with Gasteiger partial charge in [0.15, 0.2) is 0 Å². The van der Waals surface area contributed by atoms with Crippen LogP contribution in [-0.4, -0.2) is 30.0 Å². The van der Waals surface area contributed by atoms with Crippen molar-refractivity contribution in [3.8, 4) is 0 Å². The topological polar surface area (TPSA) is 71.4 Å². The smallest absolute Gasteiger partial charge is 0.439 e. The van der Waals surface area contributed by atoms with Crippen LogP contribution in [0.5, 0.6) is 0 Å². The van der Waals surface area contributed by atoms with Gasteiger partial charge in [-0.1, -0.05) is 19.8 Å². The molecule has 4 nitrogen and oxygen atoms in total. The summed E-state index contributed by atoms with van der Waals surface area (Å²) in [5, 5.41) is 2.34. The molecule has 0 aromatic rings. The van der Waals surface area contributed by atoms with Gasteiger partial charge in [-0.3, -0.25) is 0 Å². The summed E-state index contributed by atoms with van der Waals surface area (Å²) in [6, 6.07) is 0. The number of sulfone groups is 1. The molecule has 1 aliphatic carbocycles. The average molecular weight is 256 g/mol. The maximum absolute atomic E-state index is 13.0. The Labute approximate surface area is 92.6 Å². The minimum Gasteiger partial charge on any atom is -0.476 e. The first-order valence-electron chi connectivity index (χ1n) is 5.04. The first kappa shape index (κ1) is 13.3. The van der Waals surface area contributed by atoms with Crippen molar-refractivity contribution in [2.75, 3.05) is 0 Å². The van der Waals surface area contributed by atoms with E-state index in [1.54, 1.807) is 6.92 Å². The number of carboxylic acid groups (broad SMARTS) is 1. The third-order valence-corrected chi connectivity index (χ3v) is 5.13. The molecule has 0 bridgehead atoms. The van der Waals surface area contributed by atoms with E-state index in [1.165, 1.54) is 0 Å². The zero-order valence-electron chi connectivity index (χ0n) is 8.82. The van der Waals surface area contributed by atoms with E-state index in [1.807, 2.05) is 0 Å². The summed E-state index contributed by atoms with van der Waals surface area (Å²) in [6.07, 6.45) is 1.58. The van der Waals surface area contributed by atoms with Crippen LogP contribution in [0.25, 0.3) is 0 Å². The molecule has 0 aromatic carbocycles. The number of aliphatic carboxylic acids is 1. The number of carboxylic acids is 1. The van der Waals surface area contributed by atoms with Crippen LogP contribution in [0.3, 0.4) is 0 Å². The van der Waals surface area contributed by atoms with Gasteiger partial charge in [0.05, 0.1) is 5.25 Å². The number of hydrogen-bond acceptors (Lipinski definition) is 3. The second-order valence-corrected chi connectivity index (χ2v) is 6.53. The van der Waals surface area contributed by atoms with Crippen molar-refractivity contribution in [2.45, 2.75) is 43.1 Å². The zero-order chi connectivity index (χ0) is 12.6. The van der Waals surface area contributed by atoms with Crippen molar-refractivity contribution in [3.05, 3.63) is 0 Å². The molecule has 16 heavy (non-hydrogen) atoms. The molecule has 1 saturated carbocycles. The van der Waals surface area contributed by atoms with Crippen LogP contribution in [0.1, 0.15) is 32.6 Å². The standard InChI is InChI=1S/C9H14F2O4S/c1-6-3-2-4-7(5-6)16(14,15)9(10,11)8(12)13/h6-7H,2-5H2,1H3,(H,12,13). The fourth-order valence-corrected chi connectivity index (χ4v) is 3.71. The maximum Gasteiger partial charge on any atom is 0.439 e. The Morgan fingerprint density at radius 3 is 2.38 bits per heavy atom. The third-order valence-electron chi connectivity index (χ3n) is 2.93. The van der Waals surface area contributed by atoms with Crippen molar-refractivity contribution in [1.82, 2.24) is 0 Å². The largest absolute Gasteiger partial charge is 0.476 e. The quantitative estimate of drug-likeness (QED) is 0.833. The van der Waals surface area contributed by atoms with Gasteiger partial charge in [0, 0.05) is 0 Å². The molecule has 2 unspecified atom stereocenters. The van der Waals surface area contributed by atoms with Gasteiger partial charge in [-0.15, -0.1) is 0 Å². The van der Waals surface area contributed by atoms with Crippen LogP contribution in [0, 0.1) is 5.92 Å². The molecule has 0 spiro atoms. The van der Waals surface area contributed by atoms with Gasteiger partial charge in [0.1, 0.15) is 0 Å². The van der Waals surface area contributed by atoms with E-state index in [9.17, 15) is 22.0 Å². The van der Waals surface area contributed by atoms with Gasteiger partial charge in [0.2, 0.25) is 9.84 Å². The summed E-state index contributed by atoms with van der Waals surface area (Å²) in [6.45, 7) is 1.78. The molecule has 1 aliphatic rings. The molecule has 1 rings (SSSR count). The van der Waals surface area contributed by atoms with Gasteiger partial charge in [-0.2, -0.15) is 8.78 Å². The number of carbonyl (C=O) groups is 1. The minimum atomic E-state index is -4.93. The highest BCUT2D eigenvalue weighted by molar-refractivity contribution is 7.93. The van der Waals surface area contributed by atoms with E-state index in [4.69, 9.17) is 5.11 Å². The van der Waals surface area contributed by atoms with Crippen LogP contribution in [0.2, 0.25) is 0 Å². The van der Waals surface area contributed by atoms with Gasteiger partial charge in [-0.05, 0) is 18.8 Å². The van der Waals surface area contributed by atoms with Gasteiger partial charge in [-0.25, -0.2) is 13.2 Å². The van der Waals surface area contributed by atoms with E-state index in [0.717, 1.165) is 6.42 Å². The molecular weight excluding hydrogens is 242 g/mol. The van der Waals surface area contributed by atoms with Gasteiger partial charge < -0.3 is 5.11 Å². The minimum absolute atomic E-state index is 0.0399. The Balaban J connectivity index is 2.97. The Kier molecular flexibility index (Phi) is 3.56. The van der Waals surface area contributed by atoms with Crippen LogP contribution < -0.4 is 0 Å². The monoisotopic (exact) mass is 256 g/mol. The molecule has 0 amide bonds. The van der Waals surface area contributed by atoms with E-state index >= 15 is 0 Å². The Bertz CT molecular complexity index is 377. The van der Waals surface area contributed by atoms with Crippen LogP contribution in [0.15, 0.2) is 0 Å². The van der Waals surface area contributed by atoms with E-state index in [-0.39, 0.29) is 18.8 Å². The number of halogens is 2. The van der Waals surface area contributed by atoms with E-state index in [0.29, 0.717) is 6.42 Å². The Morgan fingerprint density at radius 2 is 1.94 bits per heavy atom. The summed E-state index contributed by atoms with van der Waals surface area (Å²) < 4.78 is 49.0. The predicted octanol–water partition coefficient (Wildman–Crippen LogP) is 1.66. The summed E-state index contributed by atoms with van der Waals surface area (Å²) in [4.78, 5) is 10.3. The van der Waals surface area contributed by atoms with Crippen molar-refractivity contribution < 1.29 is 27.1 Å². The van der Waals surface area contributed by atoms with E-state index < -0.39 is 26.3 Å². The summed E-state index contributed by atoms with van der Waals surface area (Å²) in [5.74, 6) is -2.55. The average Bonchev–Trinajstić information content (AvgIpc) is 2.17. The fourth-order valence-electron chi connectivity index (χ4n) is 1.99. The molecule has 2 atom stereocenters. The molecule has 0 aromatic heterocycles. The molecule has 0 saturated heterocycles. The number of alkyl halides is 2. The van der Waals surface area contributed by atoms with Gasteiger partial charge >= 0.3 is 11.2 Å². The highest BCUT2D eigenvalue weighted by Gasteiger charge is 2.56. The Hall–Kier alpha value is -0.720. The molecule has 1 fully saturated rings. The fraction of sp³-hybridized carbons (Fsp3) is 0.889. The van der Waals surface area contributed by atoms with Crippen LogP contribution >= 0.6 is 0 Å². The zero-order valence-corrected chi connectivity index (χ0v) is 9.64. The Morgan fingerprint density at radius 1 is 1.38 bits per heavy atom. The predicted molar refractivity (Wildman–Crippen MR) is 52.9 cm³/mol. The molecule has 7 heteroatoms. The molecule has 0 aliphatic heterocycles. The van der Waals surface area contributed by atoms with E-state index in [2.05, 4.69) is 0 Å². The highest BCUT2D eigenvalue weighted by atomic mass is 32.2. The van der Waals surface area contributed by atoms with Gasteiger partial charge in [0.25, 0.3) is 0 Å². The highest BCUT2D eigenvalue weighted by Crippen LogP contribution is 2.35. The van der Waals surface area contributed by atoms with Crippen molar-refractivity contribution in [1.29, 1.82) is 0 Å². The summed E-state index contributed by atoms with van der Waals surface area (Å²) in [7, 11) is -4.93. The van der Waals surface area contributed by atoms with Crippen molar-refractivity contribution in [3.63, 3.8) is 0 Å². The third kappa shape index (κ3) is 2.18. The first-order chi connectivity index (χ1) is 7.19. The second kappa shape index (κ2) is 4.27. The lowest BCUT2D eigenvalue weighted by atomic mass is 9.91. The normalized spacial score (nSPS) is 27.7. The lowest BCUT2D eigenvalue weighted by Gasteiger charge is -2.28. The van der Waals surface area contributed by atoms with Crippen LogP contribution in [0.4, 0.5) is 8.78 Å². The number of rotatable bonds is 3. The van der Waals surface area contributed by atoms with Crippen molar-refractivity contribution >= 4 is 15.8 Å². The van der Waals surface area contributed by atoms with Crippen molar-refractivity contribution in [2.24, 2.45) is 5.92 Å². The molecular formula is C9H14F2O4S. The SMILES string of the molecule is CC1CCCC(S(=O)(=O)C(F)(F)C(=O)O)C1. The summed E-state index contributed by atoms with van der Waals surface area (Å²) >= 11 is 0. The van der Waals surface area contributed by atoms with Crippen LogP contribution in [-0.2, 0) is 14.6 Å². The first-order valence-corrected chi connectivity index (χ1v) is 6.59. The maximum atomic E-state index is 13.0. The second-order valence-electron chi connectivity index (χ2n) is 4.26. The number of hydrogen-bond donors (Lipinski definition) is 1. The molecule has 0 radical (unpaired) electrons. The lowest BCUT2D eigenvalue weighted by Crippen LogP contribution is -2.45. The molecule has 94 valence electrons. The molecule has 0 heterocycles. The molecule has 1 N–H and O–H groups in total. The summed E-state index contributed by atoms with van der Waals surface area (Å²) in [5.41, 5.74) is 0.